The van der Waals surface area contributed by atoms with Crippen molar-refractivity contribution in [1.82, 2.24) is 10.2 Å². The summed E-state index contributed by atoms with van der Waals surface area (Å²) in [7, 11) is 0. The van der Waals surface area contributed by atoms with Crippen LogP contribution in [0.3, 0.4) is 0 Å². The topological polar surface area (TPSA) is 41.6 Å². The van der Waals surface area contributed by atoms with Gasteiger partial charge in [-0.2, -0.15) is 0 Å². The van der Waals surface area contributed by atoms with Gasteiger partial charge >= 0.3 is 0 Å². The fourth-order valence-electron chi connectivity index (χ4n) is 2.46. The van der Waals surface area contributed by atoms with Gasteiger partial charge in [-0.15, -0.1) is 0 Å². The normalized spacial score (nSPS) is 10.8. The molecule has 0 atom stereocenters. The summed E-state index contributed by atoms with van der Waals surface area (Å²) in [4.78, 5) is 14.2. The molecular formula is C20H24BrFN2O2. The minimum absolute atomic E-state index is 0.0594. The molecule has 2 rings (SSSR count). The van der Waals surface area contributed by atoms with Gasteiger partial charge in [0.1, 0.15) is 0 Å². The molecule has 0 heterocycles. The molecule has 0 saturated heterocycles. The summed E-state index contributed by atoms with van der Waals surface area (Å²) in [6.45, 7) is 7.45. The summed E-state index contributed by atoms with van der Waals surface area (Å²) in [5.74, 6) is -0.736. The van der Waals surface area contributed by atoms with E-state index in [2.05, 4.69) is 52.1 Å². The Kier molecular flexibility index (Phi) is 8.06. The van der Waals surface area contributed by atoms with Crippen molar-refractivity contribution in [3.63, 3.8) is 0 Å². The van der Waals surface area contributed by atoms with Crippen molar-refractivity contribution in [3.8, 4) is 5.75 Å². The molecule has 4 nitrogen and oxygen atoms in total. The molecular weight excluding hydrogens is 399 g/mol. The number of amides is 1. The Balaban J connectivity index is 1.78. The Bertz CT molecular complexity index is 718. The largest absolute Gasteiger partial charge is 0.481 e. The van der Waals surface area contributed by atoms with Crippen LogP contribution in [0.2, 0.25) is 0 Å². The van der Waals surface area contributed by atoms with E-state index in [9.17, 15) is 9.18 Å². The molecule has 1 N–H and O–H groups in total. The number of hydrogen-bond donors (Lipinski definition) is 1. The van der Waals surface area contributed by atoms with Gasteiger partial charge in [0.2, 0.25) is 0 Å². The lowest BCUT2D eigenvalue weighted by atomic mass is 10.1. The molecule has 6 heteroatoms. The lowest BCUT2D eigenvalue weighted by molar-refractivity contribution is -0.123. The highest BCUT2D eigenvalue weighted by Crippen LogP contribution is 2.21. The van der Waals surface area contributed by atoms with Crippen molar-refractivity contribution in [1.29, 1.82) is 0 Å². The van der Waals surface area contributed by atoms with Gasteiger partial charge in [0.25, 0.3) is 5.91 Å². The van der Waals surface area contributed by atoms with Crippen molar-refractivity contribution < 1.29 is 13.9 Å². The molecule has 0 spiro atoms. The number of nitrogens with zero attached hydrogens (tertiary/aromatic N) is 1. The summed E-state index contributed by atoms with van der Waals surface area (Å²) in [5.41, 5.74) is 2.26. The third kappa shape index (κ3) is 6.42. The fourth-order valence-corrected chi connectivity index (χ4v) is 2.79. The predicted octanol–water partition coefficient (Wildman–Crippen LogP) is 4.13. The Morgan fingerprint density at radius 2 is 1.77 bits per heavy atom. The van der Waals surface area contributed by atoms with E-state index in [0.717, 1.165) is 25.2 Å². The Morgan fingerprint density at radius 1 is 1.12 bits per heavy atom. The summed E-state index contributed by atoms with van der Waals surface area (Å²) in [6.07, 6.45) is 0. The van der Waals surface area contributed by atoms with Gasteiger partial charge in [-0.05, 0) is 42.4 Å². The number of ether oxygens (including phenoxy) is 1. The van der Waals surface area contributed by atoms with Crippen LogP contribution in [0.1, 0.15) is 25.0 Å². The molecule has 0 radical (unpaired) electrons. The zero-order chi connectivity index (χ0) is 18.9. The average molecular weight is 423 g/mol. The number of carbonyl (C=O) groups is 1. The van der Waals surface area contributed by atoms with Gasteiger partial charge in [0.05, 0.1) is 0 Å². The lowest BCUT2D eigenvalue weighted by Crippen LogP contribution is -2.28. The number of halogens is 2. The van der Waals surface area contributed by atoms with Gasteiger partial charge in [0, 0.05) is 17.6 Å². The molecule has 0 fully saturated rings. The third-order valence-electron chi connectivity index (χ3n) is 4.07. The maximum absolute atomic E-state index is 13.6. The van der Waals surface area contributed by atoms with Crippen LogP contribution >= 0.6 is 15.9 Å². The summed E-state index contributed by atoms with van der Waals surface area (Å²) < 4.78 is 19.5. The average Bonchev–Trinajstić information content (AvgIpc) is 2.64. The van der Waals surface area contributed by atoms with Crippen molar-refractivity contribution >= 4 is 21.8 Å². The van der Waals surface area contributed by atoms with Gasteiger partial charge in [0.15, 0.2) is 18.2 Å². The Hall–Kier alpha value is -1.92. The van der Waals surface area contributed by atoms with Crippen LogP contribution in [0.25, 0.3) is 0 Å². The van der Waals surface area contributed by atoms with Crippen molar-refractivity contribution in [2.75, 3.05) is 19.7 Å². The van der Waals surface area contributed by atoms with Crippen LogP contribution in [0.15, 0.2) is 46.9 Å². The highest BCUT2D eigenvalue weighted by Gasteiger charge is 2.08. The lowest BCUT2D eigenvalue weighted by Gasteiger charge is -2.18. The molecule has 0 aliphatic heterocycles. The molecule has 0 aliphatic rings. The molecule has 26 heavy (non-hydrogen) atoms. The Labute approximate surface area is 162 Å². The second-order valence-corrected chi connectivity index (χ2v) is 6.83. The summed E-state index contributed by atoms with van der Waals surface area (Å²) in [5, 5.41) is 2.78. The standard InChI is InChI=1S/C20H24BrFN2O2/c1-3-24(4-2)13-16-7-5-15(6-8-16)12-23-20(25)14-26-19-10-9-17(21)11-18(19)22/h5-11H,3-4,12-14H2,1-2H3,(H,23,25). The van der Waals surface area contributed by atoms with E-state index in [0.29, 0.717) is 11.0 Å². The SMILES string of the molecule is CCN(CC)Cc1ccc(CNC(=O)COc2ccc(Br)cc2F)cc1. The monoisotopic (exact) mass is 422 g/mol. The minimum Gasteiger partial charge on any atom is -0.481 e. The third-order valence-corrected chi connectivity index (χ3v) is 4.56. The zero-order valence-corrected chi connectivity index (χ0v) is 16.7. The minimum atomic E-state index is -0.504. The van der Waals surface area contributed by atoms with Crippen molar-refractivity contribution in [3.05, 3.63) is 63.9 Å². The zero-order valence-electron chi connectivity index (χ0n) is 15.1. The fraction of sp³-hybridized carbons (Fsp3) is 0.350. The van der Waals surface area contributed by atoms with Gasteiger partial charge in [-0.25, -0.2) is 4.39 Å². The molecule has 1 amide bonds. The first-order valence-corrected chi connectivity index (χ1v) is 9.45. The molecule has 0 bridgehead atoms. The number of carbonyl (C=O) groups excluding carboxylic acids is 1. The van der Waals surface area contributed by atoms with Gasteiger partial charge in [-0.1, -0.05) is 54.0 Å². The van der Waals surface area contributed by atoms with Crippen molar-refractivity contribution in [2.45, 2.75) is 26.9 Å². The van der Waals surface area contributed by atoms with Crippen LogP contribution in [-0.2, 0) is 17.9 Å². The first kappa shape index (κ1) is 20.4. The molecule has 2 aromatic carbocycles. The van der Waals surface area contributed by atoms with E-state index in [-0.39, 0.29) is 18.3 Å². The first-order chi connectivity index (χ1) is 12.5. The second kappa shape index (κ2) is 10.3. The predicted molar refractivity (Wildman–Crippen MR) is 105 cm³/mol. The van der Waals surface area contributed by atoms with Gasteiger partial charge < -0.3 is 10.1 Å². The van der Waals surface area contributed by atoms with E-state index in [1.165, 1.54) is 17.7 Å². The van der Waals surface area contributed by atoms with Crippen LogP contribution < -0.4 is 10.1 Å². The number of benzene rings is 2. The number of nitrogens with one attached hydrogen (secondary N) is 1. The van der Waals surface area contributed by atoms with E-state index in [1.54, 1.807) is 6.07 Å². The molecule has 140 valence electrons. The smallest absolute Gasteiger partial charge is 0.258 e. The summed E-state index contributed by atoms with van der Waals surface area (Å²) in [6, 6.07) is 12.6. The highest BCUT2D eigenvalue weighted by molar-refractivity contribution is 9.10. The Morgan fingerprint density at radius 3 is 2.38 bits per heavy atom. The molecule has 0 aliphatic carbocycles. The highest BCUT2D eigenvalue weighted by atomic mass is 79.9. The maximum atomic E-state index is 13.6. The van der Waals surface area contributed by atoms with E-state index < -0.39 is 5.82 Å². The first-order valence-electron chi connectivity index (χ1n) is 8.66. The summed E-state index contributed by atoms with van der Waals surface area (Å²) >= 11 is 3.18. The van der Waals surface area contributed by atoms with E-state index in [1.807, 2.05) is 12.1 Å². The molecule has 0 saturated carbocycles. The number of rotatable bonds is 9. The van der Waals surface area contributed by atoms with Gasteiger partial charge in [-0.3, -0.25) is 9.69 Å². The van der Waals surface area contributed by atoms with E-state index >= 15 is 0 Å². The van der Waals surface area contributed by atoms with E-state index in [4.69, 9.17) is 4.74 Å². The quantitative estimate of drug-likeness (QED) is 0.660. The van der Waals surface area contributed by atoms with Crippen LogP contribution in [0.5, 0.6) is 5.75 Å². The van der Waals surface area contributed by atoms with Crippen LogP contribution in [-0.4, -0.2) is 30.5 Å². The second-order valence-electron chi connectivity index (χ2n) is 5.92. The van der Waals surface area contributed by atoms with Crippen LogP contribution in [0.4, 0.5) is 4.39 Å². The molecule has 0 aromatic heterocycles. The molecule has 0 unspecified atom stereocenters. The van der Waals surface area contributed by atoms with Crippen molar-refractivity contribution in [2.24, 2.45) is 0 Å². The number of hydrogen-bond acceptors (Lipinski definition) is 3. The maximum Gasteiger partial charge on any atom is 0.258 e. The molecule has 2 aromatic rings. The van der Waals surface area contributed by atoms with Crippen LogP contribution in [0, 0.1) is 5.82 Å².